The molecule has 0 amide bonds. The first-order chi connectivity index (χ1) is 13.1. The van der Waals surface area contributed by atoms with Crippen molar-refractivity contribution >= 4 is 33.0 Å². The largest absolute Gasteiger partial charge is 0.336 e. The van der Waals surface area contributed by atoms with Crippen molar-refractivity contribution < 1.29 is 4.79 Å². The third kappa shape index (κ3) is 2.07. The molecular formula is C21H19N3O3. The number of nitrogens with zero attached hydrogens (tertiary/aromatic N) is 2. The first-order valence-corrected chi connectivity index (χ1v) is 9.26. The maximum Gasteiger partial charge on any atom is 0.336 e. The second-order valence-electron chi connectivity index (χ2n) is 7.14. The molecule has 2 aromatic carbocycles. The van der Waals surface area contributed by atoms with E-state index in [4.69, 9.17) is 0 Å². The van der Waals surface area contributed by atoms with Crippen LogP contribution < -0.4 is 16.6 Å². The molecule has 2 aromatic heterocycles. The number of likely N-dealkylation sites (N-methyl/N-ethyl adjacent to an activating group) is 1. The van der Waals surface area contributed by atoms with Crippen LogP contribution in [0.2, 0.25) is 0 Å². The summed E-state index contributed by atoms with van der Waals surface area (Å²) in [5.74, 6) is 0.156. The van der Waals surface area contributed by atoms with Gasteiger partial charge in [-0.15, -0.1) is 0 Å². The molecule has 2 heterocycles. The van der Waals surface area contributed by atoms with Crippen molar-refractivity contribution in [3.8, 4) is 0 Å². The van der Waals surface area contributed by atoms with Crippen LogP contribution in [0.3, 0.4) is 0 Å². The maximum absolute atomic E-state index is 13.2. The monoisotopic (exact) mass is 361 g/mol. The number of rotatable bonds is 3. The third-order valence-electron chi connectivity index (χ3n) is 5.67. The van der Waals surface area contributed by atoms with E-state index in [9.17, 15) is 14.4 Å². The zero-order chi connectivity index (χ0) is 18.7. The predicted molar refractivity (Wildman–Crippen MR) is 105 cm³/mol. The van der Waals surface area contributed by atoms with Crippen LogP contribution in [0, 0.1) is 0 Å². The number of aromatic nitrogens is 2. The molecule has 1 aliphatic rings. The van der Waals surface area contributed by atoms with E-state index in [-0.39, 0.29) is 17.0 Å². The Morgan fingerprint density at radius 1 is 1.04 bits per heavy atom. The van der Waals surface area contributed by atoms with Crippen molar-refractivity contribution in [3.05, 3.63) is 62.3 Å². The summed E-state index contributed by atoms with van der Waals surface area (Å²) in [5.41, 5.74) is 2.61. The Bertz CT molecular complexity index is 1350. The van der Waals surface area contributed by atoms with Crippen LogP contribution in [0.5, 0.6) is 0 Å². The summed E-state index contributed by atoms with van der Waals surface area (Å²) in [5, 5.41) is 5.34. The van der Waals surface area contributed by atoms with Gasteiger partial charge in [-0.2, -0.15) is 0 Å². The number of aryl methyl sites for hydroxylation is 1. The van der Waals surface area contributed by atoms with Gasteiger partial charge in [0.2, 0.25) is 0 Å². The highest BCUT2D eigenvalue weighted by Gasteiger charge is 2.25. The van der Waals surface area contributed by atoms with E-state index < -0.39 is 0 Å². The van der Waals surface area contributed by atoms with E-state index in [2.05, 4.69) is 5.32 Å². The van der Waals surface area contributed by atoms with E-state index >= 15 is 0 Å². The zero-order valence-electron chi connectivity index (χ0n) is 15.0. The number of hydrogen-bond donors (Lipinski definition) is 1. The molecule has 136 valence electrons. The number of nitrogens with one attached hydrogen (secondary N) is 1. The van der Waals surface area contributed by atoms with Gasteiger partial charge in [-0.25, -0.2) is 4.79 Å². The molecule has 0 saturated carbocycles. The number of benzene rings is 2. The van der Waals surface area contributed by atoms with Gasteiger partial charge in [0.1, 0.15) is 0 Å². The quantitative estimate of drug-likeness (QED) is 0.605. The van der Waals surface area contributed by atoms with E-state index in [0.717, 1.165) is 40.3 Å². The highest BCUT2D eigenvalue weighted by Crippen LogP contribution is 2.36. The number of fused-ring (bicyclic) bond motifs is 5. The molecule has 0 radical (unpaired) electrons. The fraction of sp³-hybridized carbons (Fsp3) is 0.286. The summed E-state index contributed by atoms with van der Waals surface area (Å²) < 4.78 is 2.94. The normalized spacial score (nSPS) is 14.5. The Morgan fingerprint density at radius 3 is 2.67 bits per heavy atom. The fourth-order valence-corrected chi connectivity index (χ4v) is 4.46. The first kappa shape index (κ1) is 16.2. The van der Waals surface area contributed by atoms with E-state index in [1.807, 2.05) is 24.3 Å². The second kappa shape index (κ2) is 5.76. The fourth-order valence-electron chi connectivity index (χ4n) is 4.46. The molecule has 0 unspecified atom stereocenters. The van der Waals surface area contributed by atoms with Crippen molar-refractivity contribution in [1.82, 2.24) is 14.3 Å². The van der Waals surface area contributed by atoms with Crippen molar-refractivity contribution in [3.63, 3.8) is 0 Å². The second-order valence-corrected chi connectivity index (χ2v) is 7.14. The van der Waals surface area contributed by atoms with Crippen molar-refractivity contribution in [2.75, 3.05) is 13.6 Å². The number of ketones is 1. The molecule has 0 saturated heterocycles. The molecule has 6 nitrogen and oxygen atoms in total. The predicted octanol–water partition coefficient (Wildman–Crippen LogP) is 1.94. The van der Waals surface area contributed by atoms with Crippen LogP contribution in [0.1, 0.15) is 28.8 Å². The Kier molecular flexibility index (Phi) is 3.45. The highest BCUT2D eigenvalue weighted by atomic mass is 16.2. The number of hydrogen-bond acceptors (Lipinski definition) is 4. The zero-order valence-corrected chi connectivity index (χ0v) is 15.0. The maximum atomic E-state index is 13.2. The van der Waals surface area contributed by atoms with Crippen LogP contribution in [-0.2, 0) is 13.0 Å². The topological polar surface area (TPSA) is 72.6 Å². The molecule has 0 fully saturated rings. The van der Waals surface area contributed by atoms with E-state index in [1.54, 1.807) is 17.5 Å². The van der Waals surface area contributed by atoms with Gasteiger partial charge in [0.15, 0.2) is 5.78 Å². The molecule has 1 N–H and O–H groups in total. The summed E-state index contributed by atoms with van der Waals surface area (Å²) in [6.07, 6.45) is 2.20. The summed E-state index contributed by atoms with van der Waals surface area (Å²) in [6.45, 7) is 0.846. The number of carbonyl (C=O) groups excluding carboxylic acids is 1. The summed E-state index contributed by atoms with van der Waals surface area (Å²) in [4.78, 5) is 38.5. The minimum atomic E-state index is -0.323. The lowest BCUT2D eigenvalue weighted by atomic mass is 9.87. The lowest BCUT2D eigenvalue weighted by molar-refractivity contribution is 0.0973. The molecule has 0 atom stereocenters. The van der Waals surface area contributed by atoms with Gasteiger partial charge in [0.25, 0.3) is 5.56 Å². The van der Waals surface area contributed by atoms with Crippen LogP contribution in [-0.4, -0.2) is 28.3 Å². The minimum Gasteiger partial charge on any atom is -0.318 e. The lowest BCUT2D eigenvalue weighted by Crippen LogP contribution is -2.39. The van der Waals surface area contributed by atoms with Crippen molar-refractivity contribution in [2.45, 2.75) is 25.8 Å². The van der Waals surface area contributed by atoms with Crippen LogP contribution in [0.25, 0.3) is 27.2 Å². The van der Waals surface area contributed by atoms with E-state index in [1.165, 1.54) is 4.57 Å². The standard InChI is InChI=1S/C21H19N3O3/c1-22-10-11-23-20(26)15-6-2-5-14-18-13-4-3-7-17(25)12(13)8-9-16(18)24(19(14)15)21(23)27/h2,5-6,8-9,22H,3-4,7,10-11H2,1H3. The number of Topliss-reactive ketones (excluding diaryl/α,β-unsaturated/α-hetero) is 1. The van der Waals surface area contributed by atoms with Gasteiger partial charge in [-0.05, 0) is 43.7 Å². The van der Waals surface area contributed by atoms with Crippen LogP contribution in [0.4, 0.5) is 0 Å². The van der Waals surface area contributed by atoms with Gasteiger partial charge < -0.3 is 5.32 Å². The molecule has 0 spiro atoms. The average molecular weight is 361 g/mol. The molecule has 0 aliphatic heterocycles. The minimum absolute atomic E-state index is 0.156. The lowest BCUT2D eigenvalue weighted by Gasteiger charge is -2.15. The SMILES string of the molecule is CNCCn1c(=O)c2cccc3c4c5c(ccc4n(c1=O)c23)C(=O)CCC5. The van der Waals surface area contributed by atoms with Crippen LogP contribution in [0.15, 0.2) is 39.9 Å². The van der Waals surface area contributed by atoms with E-state index in [0.29, 0.717) is 30.4 Å². The van der Waals surface area contributed by atoms with Crippen LogP contribution >= 0.6 is 0 Å². The average Bonchev–Trinajstić information content (AvgIpc) is 3.02. The molecular weight excluding hydrogens is 342 g/mol. The Labute approximate surface area is 154 Å². The Balaban J connectivity index is 2.02. The molecule has 6 heteroatoms. The molecule has 5 rings (SSSR count). The third-order valence-corrected chi connectivity index (χ3v) is 5.67. The van der Waals surface area contributed by atoms with Gasteiger partial charge in [-0.1, -0.05) is 12.1 Å². The Hall–Kier alpha value is -2.99. The molecule has 1 aliphatic carbocycles. The summed E-state index contributed by atoms with van der Waals surface area (Å²) >= 11 is 0. The summed E-state index contributed by atoms with van der Waals surface area (Å²) in [6, 6.07) is 9.26. The molecule has 0 bridgehead atoms. The van der Waals surface area contributed by atoms with Gasteiger partial charge in [0, 0.05) is 35.8 Å². The number of carbonyl (C=O) groups is 1. The van der Waals surface area contributed by atoms with Gasteiger partial charge >= 0.3 is 5.69 Å². The first-order valence-electron chi connectivity index (χ1n) is 9.26. The highest BCUT2D eigenvalue weighted by molar-refractivity contribution is 6.17. The summed E-state index contributed by atoms with van der Waals surface area (Å²) in [7, 11) is 1.79. The smallest absolute Gasteiger partial charge is 0.318 e. The Morgan fingerprint density at radius 2 is 1.85 bits per heavy atom. The number of para-hydroxylation sites is 1. The molecule has 4 aromatic rings. The molecule has 27 heavy (non-hydrogen) atoms. The van der Waals surface area contributed by atoms with Gasteiger partial charge in [-0.3, -0.25) is 18.6 Å². The van der Waals surface area contributed by atoms with Crippen molar-refractivity contribution in [2.24, 2.45) is 0 Å². The van der Waals surface area contributed by atoms with Crippen molar-refractivity contribution in [1.29, 1.82) is 0 Å². The van der Waals surface area contributed by atoms with Gasteiger partial charge in [0.05, 0.1) is 16.4 Å².